The Balaban J connectivity index is 2.54. The second-order valence-electron chi connectivity index (χ2n) is 4.16. The zero-order valence-electron chi connectivity index (χ0n) is 9.16. The SMILES string of the molecule is CC1=C(c2ccccn2)C(=N)OC1(C)C. The highest BCUT2D eigenvalue weighted by atomic mass is 16.5. The second-order valence-corrected chi connectivity index (χ2v) is 4.16. The summed E-state index contributed by atoms with van der Waals surface area (Å²) < 4.78 is 5.50. The van der Waals surface area contributed by atoms with Crippen LogP contribution in [0, 0.1) is 5.41 Å². The smallest absolute Gasteiger partial charge is 0.216 e. The van der Waals surface area contributed by atoms with E-state index in [4.69, 9.17) is 10.1 Å². The Morgan fingerprint density at radius 1 is 1.33 bits per heavy atom. The van der Waals surface area contributed by atoms with Gasteiger partial charge in [-0.3, -0.25) is 10.4 Å². The third kappa shape index (κ3) is 1.54. The fourth-order valence-corrected chi connectivity index (χ4v) is 1.67. The van der Waals surface area contributed by atoms with Crippen molar-refractivity contribution in [1.82, 2.24) is 4.98 Å². The lowest BCUT2D eigenvalue weighted by atomic mass is 9.96. The summed E-state index contributed by atoms with van der Waals surface area (Å²) in [5.74, 6) is 0.219. The average Bonchev–Trinajstić information content (AvgIpc) is 2.38. The molecule has 78 valence electrons. The quantitative estimate of drug-likeness (QED) is 0.760. The van der Waals surface area contributed by atoms with Crippen molar-refractivity contribution in [2.75, 3.05) is 0 Å². The van der Waals surface area contributed by atoms with Crippen molar-refractivity contribution in [2.45, 2.75) is 26.4 Å². The molecule has 2 heterocycles. The summed E-state index contributed by atoms with van der Waals surface area (Å²) in [6, 6.07) is 5.68. The number of ether oxygens (including phenoxy) is 1. The van der Waals surface area contributed by atoms with Crippen LogP contribution in [0.1, 0.15) is 26.5 Å². The standard InChI is InChI=1S/C12H14N2O/c1-8-10(9-6-4-5-7-14-9)11(13)15-12(8,2)3/h4-7,13H,1-3H3. The monoisotopic (exact) mass is 202 g/mol. The highest BCUT2D eigenvalue weighted by Crippen LogP contribution is 2.36. The van der Waals surface area contributed by atoms with Crippen molar-refractivity contribution >= 4 is 11.5 Å². The van der Waals surface area contributed by atoms with Gasteiger partial charge in [0.1, 0.15) is 5.60 Å². The number of rotatable bonds is 1. The minimum atomic E-state index is -0.385. The Hall–Kier alpha value is -1.64. The highest BCUT2D eigenvalue weighted by Gasteiger charge is 2.36. The third-order valence-electron chi connectivity index (χ3n) is 2.78. The molecule has 0 unspecified atom stereocenters. The van der Waals surface area contributed by atoms with Crippen LogP contribution in [-0.4, -0.2) is 16.5 Å². The lowest BCUT2D eigenvalue weighted by Crippen LogP contribution is -2.21. The Kier molecular flexibility index (Phi) is 2.11. The maximum absolute atomic E-state index is 7.81. The van der Waals surface area contributed by atoms with E-state index in [1.165, 1.54) is 0 Å². The third-order valence-corrected chi connectivity index (χ3v) is 2.78. The molecule has 1 aliphatic heterocycles. The van der Waals surface area contributed by atoms with Gasteiger partial charge >= 0.3 is 0 Å². The van der Waals surface area contributed by atoms with E-state index in [1.54, 1.807) is 6.20 Å². The van der Waals surface area contributed by atoms with Crippen LogP contribution in [0.15, 0.2) is 30.0 Å². The van der Waals surface area contributed by atoms with E-state index < -0.39 is 0 Å². The van der Waals surface area contributed by atoms with Gasteiger partial charge in [-0.1, -0.05) is 6.07 Å². The summed E-state index contributed by atoms with van der Waals surface area (Å²) in [4.78, 5) is 4.25. The molecule has 15 heavy (non-hydrogen) atoms. The van der Waals surface area contributed by atoms with Gasteiger partial charge in [0.25, 0.3) is 0 Å². The molecule has 0 spiro atoms. The van der Waals surface area contributed by atoms with Gasteiger partial charge < -0.3 is 4.74 Å². The summed E-state index contributed by atoms with van der Waals surface area (Å²) in [6.45, 7) is 5.92. The molecule has 0 saturated heterocycles. The van der Waals surface area contributed by atoms with Gasteiger partial charge in [-0.15, -0.1) is 0 Å². The normalized spacial score (nSPS) is 19.3. The van der Waals surface area contributed by atoms with Crippen LogP contribution in [-0.2, 0) is 4.74 Å². The highest BCUT2D eigenvalue weighted by molar-refractivity contribution is 6.20. The van der Waals surface area contributed by atoms with Crippen LogP contribution in [0.2, 0.25) is 0 Å². The molecule has 0 fully saturated rings. The van der Waals surface area contributed by atoms with Gasteiger partial charge in [-0.05, 0) is 38.5 Å². The summed E-state index contributed by atoms with van der Waals surface area (Å²) in [5, 5.41) is 7.81. The Bertz CT molecular complexity index is 432. The first-order valence-corrected chi connectivity index (χ1v) is 4.93. The summed E-state index contributed by atoms with van der Waals surface area (Å²) in [5.41, 5.74) is 2.31. The fraction of sp³-hybridized carbons (Fsp3) is 0.333. The zero-order valence-corrected chi connectivity index (χ0v) is 9.16. The first kappa shape index (κ1) is 9.90. The Morgan fingerprint density at radius 3 is 2.53 bits per heavy atom. The molecule has 1 aromatic rings. The van der Waals surface area contributed by atoms with Gasteiger partial charge in [0.05, 0.1) is 11.3 Å². The van der Waals surface area contributed by atoms with Crippen LogP contribution in [0.25, 0.3) is 5.57 Å². The molecule has 3 nitrogen and oxygen atoms in total. The number of hydrogen-bond acceptors (Lipinski definition) is 3. The fourth-order valence-electron chi connectivity index (χ4n) is 1.67. The predicted octanol–water partition coefficient (Wildman–Crippen LogP) is 2.64. The Morgan fingerprint density at radius 2 is 2.07 bits per heavy atom. The van der Waals surface area contributed by atoms with Gasteiger partial charge in [-0.2, -0.15) is 0 Å². The number of nitrogens with zero attached hydrogens (tertiary/aromatic N) is 1. The topological polar surface area (TPSA) is 46.0 Å². The molecule has 1 aromatic heterocycles. The maximum Gasteiger partial charge on any atom is 0.216 e. The molecule has 0 radical (unpaired) electrons. The summed E-state index contributed by atoms with van der Waals surface area (Å²) in [7, 11) is 0. The van der Waals surface area contributed by atoms with Gasteiger partial charge in [0.15, 0.2) is 0 Å². The minimum absolute atomic E-state index is 0.219. The number of pyridine rings is 1. The molecule has 0 amide bonds. The molecule has 0 aliphatic carbocycles. The molecule has 3 heteroatoms. The summed E-state index contributed by atoms with van der Waals surface area (Å²) >= 11 is 0. The number of aromatic nitrogens is 1. The molecule has 1 N–H and O–H groups in total. The zero-order chi connectivity index (χ0) is 11.1. The van der Waals surface area contributed by atoms with E-state index in [1.807, 2.05) is 39.0 Å². The van der Waals surface area contributed by atoms with Crippen molar-refractivity contribution in [2.24, 2.45) is 0 Å². The maximum atomic E-state index is 7.81. The minimum Gasteiger partial charge on any atom is -0.467 e. The Labute approximate surface area is 89.3 Å². The molecule has 2 rings (SSSR count). The van der Waals surface area contributed by atoms with Crippen molar-refractivity contribution in [3.05, 3.63) is 35.7 Å². The van der Waals surface area contributed by atoms with E-state index in [9.17, 15) is 0 Å². The van der Waals surface area contributed by atoms with Crippen LogP contribution in [0.3, 0.4) is 0 Å². The van der Waals surface area contributed by atoms with Gasteiger partial charge in [0.2, 0.25) is 5.90 Å². The van der Waals surface area contributed by atoms with E-state index >= 15 is 0 Å². The average molecular weight is 202 g/mol. The van der Waals surface area contributed by atoms with Crippen molar-refractivity contribution in [3.8, 4) is 0 Å². The number of nitrogens with one attached hydrogen (secondary N) is 1. The van der Waals surface area contributed by atoms with Gasteiger partial charge in [0, 0.05) is 6.20 Å². The van der Waals surface area contributed by atoms with E-state index in [0.717, 1.165) is 16.8 Å². The largest absolute Gasteiger partial charge is 0.467 e. The molecule has 0 aromatic carbocycles. The van der Waals surface area contributed by atoms with Crippen molar-refractivity contribution in [1.29, 1.82) is 5.41 Å². The van der Waals surface area contributed by atoms with Crippen LogP contribution in [0.5, 0.6) is 0 Å². The molecule has 0 saturated carbocycles. The first-order chi connectivity index (χ1) is 7.02. The van der Waals surface area contributed by atoms with E-state index in [-0.39, 0.29) is 11.5 Å². The molecule has 0 bridgehead atoms. The summed E-state index contributed by atoms with van der Waals surface area (Å²) in [6.07, 6.45) is 1.73. The predicted molar refractivity (Wildman–Crippen MR) is 59.7 cm³/mol. The lowest BCUT2D eigenvalue weighted by Gasteiger charge is -2.18. The number of hydrogen-bond donors (Lipinski definition) is 1. The lowest BCUT2D eigenvalue weighted by molar-refractivity contribution is 0.149. The van der Waals surface area contributed by atoms with E-state index in [0.29, 0.717) is 0 Å². The molecule has 1 aliphatic rings. The molecule has 0 atom stereocenters. The van der Waals surface area contributed by atoms with E-state index in [2.05, 4.69) is 4.98 Å². The van der Waals surface area contributed by atoms with Crippen molar-refractivity contribution < 1.29 is 4.74 Å². The molecular formula is C12H14N2O. The van der Waals surface area contributed by atoms with Crippen molar-refractivity contribution in [3.63, 3.8) is 0 Å². The van der Waals surface area contributed by atoms with Crippen LogP contribution < -0.4 is 0 Å². The van der Waals surface area contributed by atoms with Crippen LogP contribution in [0.4, 0.5) is 0 Å². The first-order valence-electron chi connectivity index (χ1n) is 4.93. The van der Waals surface area contributed by atoms with Crippen LogP contribution >= 0.6 is 0 Å². The van der Waals surface area contributed by atoms with Gasteiger partial charge in [-0.25, -0.2) is 0 Å². The second kappa shape index (κ2) is 3.19. The molecular weight excluding hydrogens is 188 g/mol.